The van der Waals surface area contributed by atoms with Gasteiger partial charge in [-0.15, -0.1) is 0 Å². The molecule has 3 aromatic carbocycles. The van der Waals surface area contributed by atoms with Crippen LogP contribution in [0.5, 0.6) is 5.75 Å². The number of phenols is 1. The average molecular weight is 522 g/mol. The number of nitriles is 1. The van der Waals surface area contributed by atoms with Crippen LogP contribution >= 0.6 is 0 Å². The quantitative estimate of drug-likeness (QED) is 0.221. The predicted octanol–water partition coefficient (Wildman–Crippen LogP) is 4.84. The average Bonchev–Trinajstić information content (AvgIpc) is 2.93. The summed E-state index contributed by atoms with van der Waals surface area (Å²) in [6, 6.07) is 25.5. The van der Waals surface area contributed by atoms with Gasteiger partial charge in [-0.1, -0.05) is 42.5 Å². The van der Waals surface area contributed by atoms with Crippen LogP contribution in [0.25, 0.3) is 22.4 Å². The molecule has 0 fully saturated rings. The molecule has 10 heteroatoms. The van der Waals surface area contributed by atoms with Crippen LogP contribution in [0, 0.1) is 11.3 Å². The van der Waals surface area contributed by atoms with E-state index in [0.29, 0.717) is 33.6 Å². The molecule has 0 saturated heterocycles. The van der Waals surface area contributed by atoms with Crippen molar-refractivity contribution < 1.29 is 24.6 Å². The van der Waals surface area contributed by atoms with Crippen molar-refractivity contribution in [2.24, 2.45) is 0 Å². The first kappa shape index (κ1) is 26.4. The van der Waals surface area contributed by atoms with Gasteiger partial charge in [-0.2, -0.15) is 5.26 Å². The largest absolute Gasteiger partial charge is 0.507 e. The van der Waals surface area contributed by atoms with Gasteiger partial charge in [0.2, 0.25) is 5.91 Å². The first-order valence-corrected chi connectivity index (χ1v) is 11.8. The van der Waals surface area contributed by atoms with Crippen LogP contribution in [0.3, 0.4) is 0 Å². The maximum absolute atomic E-state index is 12.9. The lowest BCUT2D eigenvalue weighted by molar-refractivity contribution is -0.116. The number of rotatable bonds is 8. The Morgan fingerprint density at radius 2 is 1.62 bits per heavy atom. The Hall–Kier alpha value is -5.69. The summed E-state index contributed by atoms with van der Waals surface area (Å²) in [5.41, 5.74) is 2.56. The number of benzene rings is 3. The molecule has 194 valence electrons. The number of carbonyl (C=O) groups excluding carboxylic acids is 2. The van der Waals surface area contributed by atoms with Gasteiger partial charge in [0.15, 0.2) is 5.82 Å². The predicted molar refractivity (Wildman–Crippen MR) is 145 cm³/mol. The van der Waals surface area contributed by atoms with Gasteiger partial charge in [-0.05, 0) is 48.0 Å². The maximum Gasteiger partial charge on any atom is 0.404 e. The summed E-state index contributed by atoms with van der Waals surface area (Å²) in [7, 11) is 0. The van der Waals surface area contributed by atoms with E-state index in [1.807, 2.05) is 0 Å². The van der Waals surface area contributed by atoms with Gasteiger partial charge in [-0.3, -0.25) is 9.59 Å². The number of nitrogens with zero attached hydrogens (tertiary/aromatic N) is 2. The number of carboxylic acid groups (broad SMARTS) is 1. The molecule has 0 unspecified atom stereocenters. The second-order valence-corrected chi connectivity index (χ2v) is 8.34. The van der Waals surface area contributed by atoms with Crippen LogP contribution in [0.1, 0.15) is 22.3 Å². The van der Waals surface area contributed by atoms with Crippen molar-refractivity contribution in [2.75, 3.05) is 17.2 Å². The van der Waals surface area contributed by atoms with Gasteiger partial charge in [-0.25, -0.2) is 9.78 Å². The van der Waals surface area contributed by atoms with Crippen molar-refractivity contribution in [3.8, 4) is 34.2 Å². The number of aromatic nitrogens is 1. The molecule has 0 aliphatic carbocycles. The van der Waals surface area contributed by atoms with Gasteiger partial charge < -0.3 is 26.2 Å². The molecule has 0 bridgehead atoms. The van der Waals surface area contributed by atoms with Gasteiger partial charge in [0, 0.05) is 35.3 Å². The van der Waals surface area contributed by atoms with Crippen molar-refractivity contribution >= 4 is 29.4 Å². The summed E-state index contributed by atoms with van der Waals surface area (Å²) in [5.74, 6) is -0.883. The van der Waals surface area contributed by atoms with Crippen LogP contribution < -0.4 is 16.0 Å². The lowest BCUT2D eigenvalue weighted by atomic mass is 9.97. The molecule has 4 aromatic rings. The van der Waals surface area contributed by atoms with Crippen molar-refractivity contribution in [1.29, 1.82) is 5.26 Å². The van der Waals surface area contributed by atoms with Gasteiger partial charge in [0.05, 0.1) is 5.69 Å². The Morgan fingerprint density at radius 1 is 0.872 bits per heavy atom. The Bertz CT molecular complexity index is 1580. The van der Waals surface area contributed by atoms with E-state index < -0.39 is 17.9 Å². The molecule has 0 radical (unpaired) electrons. The highest BCUT2D eigenvalue weighted by Gasteiger charge is 2.19. The standard InChI is InChI=1S/C29H23N5O5/c30-17-23-22(19-9-6-10-20(15-19)32-26(36)13-14-31-29(38)39)16-24(21-11-4-5-12-25(21)35)33-27(23)34-28(37)18-7-2-1-3-8-18/h1-12,15-16,31,35H,13-14H2,(H,32,36)(H,38,39)(H,33,34,37). The number of carbonyl (C=O) groups is 3. The van der Waals surface area contributed by atoms with Crippen molar-refractivity contribution in [2.45, 2.75) is 6.42 Å². The lowest BCUT2D eigenvalue weighted by Gasteiger charge is -2.15. The molecule has 0 spiro atoms. The molecular formula is C29H23N5O5. The zero-order valence-electron chi connectivity index (χ0n) is 20.5. The summed E-state index contributed by atoms with van der Waals surface area (Å²) in [6.45, 7) is -0.0435. The Labute approximate surface area is 223 Å². The second kappa shape index (κ2) is 12.0. The van der Waals surface area contributed by atoms with Gasteiger partial charge >= 0.3 is 6.09 Å². The van der Waals surface area contributed by atoms with Crippen LogP contribution in [-0.2, 0) is 4.79 Å². The number of anilines is 2. The van der Waals surface area contributed by atoms with Crippen molar-refractivity contribution in [3.63, 3.8) is 0 Å². The minimum atomic E-state index is -1.22. The van der Waals surface area contributed by atoms with E-state index in [1.165, 1.54) is 6.07 Å². The minimum absolute atomic E-state index is 0.0105. The van der Waals surface area contributed by atoms with Crippen LogP contribution in [0.4, 0.5) is 16.3 Å². The highest BCUT2D eigenvalue weighted by atomic mass is 16.4. The van der Waals surface area contributed by atoms with Crippen LogP contribution in [0.15, 0.2) is 84.9 Å². The maximum atomic E-state index is 12.9. The van der Waals surface area contributed by atoms with Crippen molar-refractivity contribution in [3.05, 3.63) is 96.1 Å². The monoisotopic (exact) mass is 521 g/mol. The number of pyridine rings is 1. The molecule has 10 nitrogen and oxygen atoms in total. The number of hydrogen-bond donors (Lipinski definition) is 5. The molecule has 4 rings (SSSR count). The molecule has 0 aliphatic heterocycles. The first-order chi connectivity index (χ1) is 18.9. The van der Waals surface area contributed by atoms with E-state index in [9.17, 15) is 24.8 Å². The lowest BCUT2D eigenvalue weighted by Crippen LogP contribution is -2.25. The fourth-order valence-electron chi connectivity index (χ4n) is 3.84. The summed E-state index contributed by atoms with van der Waals surface area (Å²) in [4.78, 5) is 40.3. The number of hydrogen-bond acceptors (Lipinski definition) is 6. The summed E-state index contributed by atoms with van der Waals surface area (Å²) in [6.07, 6.45) is -1.29. The molecule has 0 aliphatic rings. The van der Waals surface area contributed by atoms with E-state index in [0.717, 1.165) is 0 Å². The Morgan fingerprint density at radius 3 is 2.33 bits per heavy atom. The number of phenolic OH excluding ortho intramolecular Hbond substituents is 1. The highest BCUT2D eigenvalue weighted by molar-refractivity contribution is 6.05. The Kier molecular flexibility index (Phi) is 8.14. The molecule has 5 N–H and O–H groups in total. The van der Waals surface area contributed by atoms with E-state index in [1.54, 1.807) is 78.9 Å². The Balaban J connectivity index is 1.76. The number of amides is 3. The van der Waals surface area contributed by atoms with Crippen LogP contribution in [0.2, 0.25) is 0 Å². The molecule has 1 aromatic heterocycles. The van der Waals surface area contributed by atoms with E-state index in [4.69, 9.17) is 5.11 Å². The number of nitrogens with one attached hydrogen (secondary N) is 3. The van der Waals surface area contributed by atoms with E-state index in [2.05, 4.69) is 27.0 Å². The smallest absolute Gasteiger partial charge is 0.404 e. The fourth-order valence-corrected chi connectivity index (χ4v) is 3.84. The third-order valence-corrected chi connectivity index (χ3v) is 5.66. The normalized spacial score (nSPS) is 10.2. The van der Waals surface area contributed by atoms with Crippen LogP contribution in [-0.4, -0.2) is 39.6 Å². The topological polar surface area (TPSA) is 164 Å². The first-order valence-electron chi connectivity index (χ1n) is 11.8. The molecule has 1 heterocycles. The molecule has 39 heavy (non-hydrogen) atoms. The molecule has 3 amide bonds. The minimum Gasteiger partial charge on any atom is -0.507 e. The summed E-state index contributed by atoms with van der Waals surface area (Å²) >= 11 is 0. The molecule has 0 saturated carbocycles. The zero-order valence-corrected chi connectivity index (χ0v) is 20.5. The van der Waals surface area contributed by atoms with E-state index in [-0.39, 0.29) is 30.1 Å². The fraction of sp³-hybridized carbons (Fsp3) is 0.0690. The number of aromatic hydroxyl groups is 1. The van der Waals surface area contributed by atoms with Gasteiger partial charge in [0.1, 0.15) is 17.4 Å². The number of para-hydroxylation sites is 1. The molecular weight excluding hydrogens is 498 g/mol. The summed E-state index contributed by atoms with van der Waals surface area (Å²) in [5, 5.41) is 36.8. The highest BCUT2D eigenvalue weighted by Crippen LogP contribution is 2.36. The molecule has 0 atom stereocenters. The third-order valence-electron chi connectivity index (χ3n) is 5.66. The van der Waals surface area contributed by atoms with Crippen molar-refractivity contribution in [1.82, 2.24) is 10.3 Å². The summed E-state index contributed by atoms with van der Waals surface area (Å²) < 4.78 is 0. The second-order valence-electron chi connectivity index (χ2n) is 8.34. The zero-order chi connectivity index (χ0) is 27.8. The SMILES string of the molecule is N#Cc1c(-c2cccc(NC(=O)CCNC(=O)O)c2)cc(-c2ccccc2O)nc1NC(=O)c1ccccc1. The van der Waals surface area contributed by atoms with E-state index >= 15 is 0 Å². The third kappa shape index (κ3) is 6.55. The van der Waals surface area contributed by atoms with Gasteiger partial charge in [0.25, 0.3) is 5.91 Å².